The van der Waals surface area contributed by atoms with E-state index < -0.39 is 0 Å². The number of carbonyl (C=O) groups is 2. The summed E-state index contributed by atoms with van der Waals surface area (Å²) < 4.78 is 0.563. The molecule has 3 rings (SSSR count). The molecule has 0 saturated carbocycles. The number of para-hydroxylation sites is 1. The highest BCUT2D eigenvalue weighted by atomic mass is 32.2. The number of anilines is 1. The summed E-state index contributed by atoms with van der Waals surface area (Å²) in [6.45, 7) is 5.49. The van der Waals surface area contributed by atoms with Crippen molar-refractivity contribution < 1.29 is 9.59 Å². The summed E-state index contributed by atoms with van der Waals surface area (Å²) >= 11 is 6.71. The van der Waals surface area contributed by atoms with E-state index in [4.69, 9.17) is 12.2 Å². The third-order valence-electron chi connectivity index (χ3n) is 4.68. The maximum Gasteiger partial charge on any atom is 0.267 e. The molecule has 1 aromatic rings. The molecule has 4 nitrogen and oxygen atoms in total. The molecule has 0 spiro atoms. The molecule has 138 valence electrons. The minimum Gasteiger partial charge on any atom is -0.308 e. The molecule has 1 aromatic carbocycles. The van der Waals surface area contributed by atoms with E-state index in [0.717, 1.165) is 43.4 Å². The van der Waals surface area contributed by atoms with E-state index in [-0.39, 0.29) is 11.8 Å². The van der Waals surface area contributed by atoms with Crippen LogP contribution in [0.5, 0.6) is 0 Å². The molecule has 2 heterocycles. The average Bonchev–Trinajstić information content (AvgIpc) is 3.07. The number of amides is 2. The van der Waals surface area contributed by atoms with Crippen molar-refractivity contribution in [3.05, 3.63) is 34.7 Å². The maximum absolute atomic E-state index is 13.0. The second-order valence-corrected chi connectivity index (χ2v) is 8.21. The zero-order valence-electron chi connectivity index (χ0n) is 15.3. The van der Waals surface area contributed by atoms with Crippen LogP contribution in [-0.2, 0) is 9.59 Å². The van der Waals surface area contributed by atoms with Gasteiger partial charge in [-0.05, 0) is 18.9 Å². The molecule has 1 saturated heterocycles. The van der Waals surface area contributed by atoms with Crippen LogP contribution in [0.4, 0.5) is 5.69 Å². The largest absolute Gasteiger partial charge is 0.308 e. The Balaban J connectivity index is 1.91. The molecular weight excluding hydrogens is 364 g/mol. The second kappa shape index (κ2) is 8.35. The van der Waals surface area contributed by atoms with Gasteiger partial charge in [-0.2, -0.15) is 0 Å². The van der Waals surface area contributed by atoms with Gasteiger partial charge in [0.2, 0.25) is 0 Å². The Kier molecular flexibility index (Phi) is 6.14. The topological polar surface area (TPSA) is 40.6 Å². The van der Waals surface area contributed by atoms with E-state index in [1.807, 2.05) is 31.2 Å². The molecule has 0 N–H and O–H groups in total. The van der Waals surface area contributed by atoms with Crippen molar-refractivity contribution in [2.75, 3.05) is 18.0 Å². The molecule has 0 radical (unpaired) electrons. The van der Waals surface area contributed by atoms with Crippen molar-refractivity contribution in [2.24, 2.45) is 0 Å². The van der Waals surface area contributed by atoms with Crippen LogP contribution in [0, 0.1) is 0 Å². The number of hydrogen-bond donors (Lipinski definition) is 0. The summed E-state index contributed by atoms with van der Waals surface area (Å²) in [6, 6.07) is 7.71. The lowest BCUT2D eigenvalue weighted by atomic mass is 10.1. The number of carbonyl (C=O) groups excluding carboxylic acids is 2. The molecular formula is C20H24N2O2S2. The van der Waals surface area contributed by atoms with Gasteiger partial charge in [0.1, 0.15) is 4.32 Å². The zero-order chi connectivity index (χ0) is 18.7. The first-order chi connectivity index (χ1) is 12.6. The Morgan fingerprint density at radius 1 is 0.923 bits per heavy atom. The normalized spacial score (nSPS) is 19.7. The van der Waals surface area contributed by atoms with Gasteiger partial charge in [0.25, 0.3) is 11.8 Å². The number of hydrogen-bond acceptors (Lipinski definition) is 4. The number of unbranched alkanes of at least 4 members (excludes halogenated alkanes) is 3. The summed E-state index contributed by atoms with van der Waals surface area (Å²) in [7, 11) is 0. The summed E-state index contributed by atoms with van der Waals surface area (Å²) in [6.07, 6.45) is 5.21. The van der Waals surface area contributed by atoms with Gasteiger partial charge in [-0.3, -0.25) is 14.5 Å². The van der Waals surface area contributed by atoms with E-state index in [2.05, 4.69) is 6.92 Å². The molecule has 0 aliphatic carbocycles. The Morgan fingerprint density at radius 3 is 2.42 bits per heavy atom. The van der Waals surface area contributed by atoms with Crippen LogP contribution in [0.2, 0.25) is 0 Å². The van der Waals surface area contributed by atoms with E-state index in [1.54, 1.807) is 9.80 Å². The molecule has 2 aliphatic rings. The molecule has 0 unspecified atom stereocenters. The minimum absolute atomic E-state index is 0.0838. The van der Waals surface area contributed by atoms with Gasteiger partial charge in [-0.25, -0.2) is 0 Å². The maximum atomic E-state index is 13.0. The van der Waals surface area contributed by atoms with Crippen LogP contribution in [0.15, 0.2) is 29.2 Å². The summed E-state index contributed by atoms with van der Waals surface area (Å²) in [4.78, 5) is 29.9. The van der Waals surface area contributed by atoms with Gasteiger partial charge < -0.3 is 4.90 Å². The first-order valence-electron chi connectivity index (χ1n) is 9.29. The van der Waals surface area contributed by atoms with Crippen molar-refractivity contribution in [3.8, 4) is 0 Å². The number of thiocarbonyl (C=S) groups is 1. The fourth-order valence-electron chi connectivity index (χ4n) is 3.38. The molecule has 1 fully saturated rings. The van der Waals surface area contributed by atoms with Crippen LogP contribution in [0.25, 0.3) is 5.57 Å². The Labute approximate surface area is 164 Å². The third-order valence-corrected chi connectivity index (χ3v) is 6.13. The molecule has 0 atom stereocenters. The Hall–Kier alpha value is -1.66. The van der Waals surface area contributed by atoms with Crippen molar-refractivity contribution in [2.45, 2.75) is 46.0 Å². The predicted octanol–water partition coefficient (Wildman–Crippen LogP) is 4.59. The zero-order valence-corrected chi connectivity index (χ0v) is 16.9. The lowest BCUT2D eigenvalue weighted by Gasteiger charge is -2.15. The lowest BCUT2D eigenvalue weighted by molar-refractivity contribution is -0.122. The van der Waals surface area contributed by atoms with Crippen LogP contribution in [0.1, 0.15) is 51.5 Å². The monoisotopic (exact) mass is 388 g/mol. The highest BCUT2D eigenvalue weighted by molar-refractivity contribution is 8.26. The number of nitrogens with zero attached hydrogens (tertiary/aromatic N) is 2. The van der Waals surface area contributed by atoms with E-state index in [9.17, 15) is 9.59 Å². The molecule has 0 bridgehead atoms. The summed E-state index contributed by atoms with van der Waals surface area (Å²) in [5, 5.41) is 0. The number of fused-ring (bicyclic) bond motifs is 1. The summed E-state index contributed by atoms with van der Waals surface area (Å²) in [5.41, 5.74) is 2.25. The fourth-order valence-corrected chi connectivity index (χ4v) is 4.76. The average molecular weight is 389 g/mol. The predicted molar refractivity (Wildman–Crippen MR) is 112 cm³/mol. The molecule has 6 heteroatoms. The van der Waals surface area contributed by atoms with E-state index >= 15 is 0 Å². The van der Waals surface area contributed by atoms with E-state index in [0.29, 0.717) is 27.9 Å². The SMILES string of the molecule is CCCCCCN1C(=O)C(=C2C(=O)N(CCC)c3ccccc32)SC1=S. The second-order valence-electron chi connectivity index (χ2n) is 6.56. The van der Waals surface area contributed by atoms with Crippen molar-refractivity contribution >= 4 is 51.4 Å². The first-order valence-corrected chi connectivity index (χ1v) is 10.5. The number of benzene rings is 1. The van der Waals surface area contributed by atoms with Crippen molar-refractivity contribution in [1.29, 1.82) is 0 Å². The number of thioether (sulfide) groups is 1. The van der Waals surface area contributed by atoms with Crippen LogP contribution < -0.4 is 4.90 Å². The van der Waals surface area contributed by atoms with Gasteiger partial charge in [0.15, 0.2) is 0 Å². The Morgan fingerprint density at radius 2 is 1.69 bits per heavy atom. The van der Waals surface area contributed by atoms with Crippen molar-refractivity contribution in [3.63, 3.8) is 0 Å². The van der Waals surface area contributed by atoms with Crippen molar-refractivity contribution in [1.82, 2.24) is 4.90 Å². The minimum atomic E-state index is -0.118. The van der Waals surface area contributed by atoms with Crippen LogP contribution in [0.3, 0.4) is 0 Å². The lowest BCUT2D eigenvalue weighted by Crippen LogP contribution is -2.30. The fraction of sp³-hybridized carbons (Fsp3) is 0.450. The van der Waals surface area contributed by atoms with E-state index in [1.165, 1.54) is 11.8 Å². The molecule has 2 aliphatic heterocycles. The van der Waals surface area contributed by atoms with Gasteiger partial charge in [0.05, 0.1) is 16.2 Å². The van der Waals surface area contributed by atoms with Gasteiger partial charge in [0, 0.05) is 18.7 Å². The highest BCUT2D eigenvalue weighted by Crippen LogP contribution is 2.44. The first kappa shape index (κ1) is 19.1. The third kappa shape index (κ3) is 3.45. The van der Waals surface area contributed by atoms with Crippen LogP contribution in [-0.4, -0.2) is 34.1 Å². The molecule has 2 amide bonds. The Bertz CT molecular complexity index is 773. The van der Waals surface area contributed by atoms with Crippen LogP contribution >= 0.6 is 24.0 Å². The molecule has 26 heavy (non-hydrogen) atoms. The number of rotatable bonds is 7. The smallest absolute Gasteiger partial charge is 0.267 e. The highest BCUT2D eigenvalue weighted by Gasteiger charge is 2.41. The molecule has 0 aromatic heterocycles. The quantitative estimate of drug-likeness (QED) is 0.389. The van der Waals surface area contributed by atoms with Gasteiger partial charge in [-0.1, -0.05) is 75.3 Å². The standard InChI is InChI=1S/C20H24N2O2S2/c1-3-5-6-9-13-22-19(24)17(26-20(22)25)16-14-10-7-8-11-15(14)21(12-4-2)18(16)23/h7-8,10-11H,3-6,9,12-13H2,1-2H3. The van der Waals surface area contributed by atoms with Gasteiger partial charge in [-0.15, -0.1) is 0 Å². The summed E-state index contributed by atoms with van der Waals surface area (Å²) in [5.74, 6) is -0.201. The van der Waals surface area contributed by atoms with Gasteiger partial charge >= 0.3 is 0 Å².